The zero-order valence-corrected chi connectivity index (χ0v) is 12.3. The van der Waals surface area contributed by atoms with Gasteiger partial charge >= 0.3 is 0 Å². The molecule has 0 unspecified atom stereocenters. The molecule has 0 saturated carbocycles. The Morgan fingerprint density at radius 3 is 2.65 bits per heavy atom. The van der Waals surface area contributed by atoms with Crippen LogP contribution in [0.2, 0.25) is 0 Å². The van der Waals surface area contributed by atoms with Gasteiger partial charge < -0.3 is 14.6 Å². The summed E-state index contributed by atoms with van der Waals surface area (Å²) >= 11 is 1.45. The minimum absolute atomic E-state index is 0.131. The number of hydrogen-bond acceptors (Lipinski definition) is 5. The van der Waals surface area contributed by atoms with E-state index in [9.17, 15) is 9.90 Å². The summed E-state index contributed by atoms with van der Waals surface area (Å²) in [4.78, 5) is 14.7. The summed E-state index contributed by atoms with van der Waals surface area (Å²) in [5.41, 5.74) is 2.90. The standard InChI is InChI=1S/C15H17NO3S/c1-10-5-11(2)7-13(6-10)19-4-3-14-16-12(9-20-14)8-15(17)18/h5-7,9H,3-4,8H2,1-2H3,(H,17,18)/p-1. The second kappa shape index (κ2) is 6.52. The van der Waals surface area contributed by atoms with Crippen molar-refractivity contribution in [1.82, 2.24) is 4.98 Å². The number of carbonyl (C=O) groups excluding carboxylic acids is 1. The molecule has 2 rings (SSSR count). The van der Waals surface area contributed by atoms with Gasteiger partial charge in [0.05, 0.1) is 17.3 Å². The van der Waals surface area contributed by atoms with Crippen LogP contribution in [0.4, 0.5) is 0 Å². The Balaban J connectivity index is 1.86. The van der Waals surface area contributed by atoms with E-state index in [1.807, 2.05) is 26.0 Å². The lowest BCUT2D eigenvalue weighted by Crippen LogP contribution is -2.24. The van der Waals surface area contributed by atoms with Crippen LogP contribution in [0.5, 0.6) is 5.75 Å². The third kappa shape index (κ3) is 4.35. The lowest BCUT2D eigenvalue weighted by atomic mass is 10.1. The Hall–Kier alpha value is -1.88. The number of thiazole rings is 1. The van der Waals surface area contributed by atoms with E-state index in [0.717, 1.165) is 10.8 Å². The van der Waals surface area contributed by atoms with E-state index in [2.05, 4.69) is 11.1 Å². The van der Waals surface area contributed by atoms with E-state index in [1.54, 1.807) is 5.38 Å². The number of aryl methyl sites for hydroxylation is 2. The molecule has 0 aliphatic carbocycles. The second-order valence-electron chi connectivity index (χ2n) is 4.70. The number of benzene rings is 1. The number of ether oxygens (including phenoxy) is 1. The molecule has 4 nitrogen and oxygen atoms in total. The summed E-state index contributed by atoms with van der Waals surface area (Å²) in [6.07, 6.45) is 0.541. The van der Waals surface area contributed by atoms with Crippen molar-refractivity contribution in [3.05, 3.63) is 45.4 Å². The van der Waals surface area contributed by atoms with Crippen molar-refractivity contribution < 1.29 is 14.6 Å². The first-order chi connectivity index (χ1) is 9.52. The van der Waals surface area contributed by atoms with Gasteiger partial charge in [-0.25, -0.2) is 4.98 Å². The first-order valence-corrected chi connectivity index (χ1v) is 7.25. The molecular weight excluding hydrogens is 274 g/mol. The lowest BCUT2D eigenvalue weighted by Gasteiger charge is -2.07. The molecule has 5 heteroatoms. The van der Waals surface area contributed by atoms with E-state index < -0.39 is 5.97 Å². The zero-order valence-electron chi connectivity index (χ0n) is 11.5. The summed E-state index contributed by atoms with van der Waals surface area (Å²) in [6, 6.07) is 6.09. The monoisotopic (exact) mass is 290 g/mol. The Bertz CT molecular complexity index is 587. The average molecular weight is 290 g/mol. The highest BCUT2D eigenvalue weighted by atomic mass is 32.1. The molecule has 0 bridgehead atoms. The maximum Gasteiger partial charge on any atom is 0.119 e. The van der Waals surface area contributed by atoms with Gasteiger partial charge in [-0.2, -0.15) is 0 Å². The van der Waals surface area contributed by atoms with Crippen molar-refractivity contribution in [2.24, 2.45) is 0 Å². The second-order valence-corrected chi connectivity index (χ2v) is 5.65. The molecule has 0 amide bonds. The maximum absolute atomic E-state index is 10.5. The fourth-order valence-corrected chi connectivity index (χ4v) is 2.74. The number of aliphatic carboxylic acids is 1. The highest BCUT2D eigenvalue weighted by Crippen LogP contribution is 2.17. The van der Waals surface area contributed by atoms with Crippen LogP contribution in [0.25, 0.3) is 0 Å². The number of carboxylic acids is 1. The van der Waals surface area contributed by atoms with Gasteiger partial charge in [0.1, 0.15) is 5.75 Å². The number of carboxylic acid groups (broad SMARTS) is 1. The lowest BCUT2D eigenvalue weighted by molar-refractivity contribution is -0.304. The Kier molecular flexibility index (Phi) is 4.74. The van der Waals surface area contributed by atoms with E-state index >= 15 is 0 Å². The molecule has 0 spiro atoms. The van der Waals surface area contributed by atoms with Crippen molar-refractivity contribution in [3.63, 3.8) is 0 Å². The molecule has 0 aliphatic rings. The summed E-state index contributed by atoms with van der Waals surface area (Å²) in [7, 11) is 0. The van der Waals surface area contributed by atoms with Gasteiger partial charge in [0, 0.05) is 24.2 Å². The predicted octanol–water partition coefficient (Wildman–Crippen LogP) is 1.67. The van der Waals surface area contributed by atoms with Crippen LogP contribution < -0.4 is 9.84 Å². The van der Waals surface area contributed by atoms with Gasteiger partial charge in [-0.15, -0.1) is 11.3 Å². The summed E-state index contributed by atoms with van der Waals surface area (Å²) in [5, 5.41) is 13.1. The molecule has 0 N–H and O–H groups in total. The van der Waals surface area contributed by atoms with Crippen molar-refractivity contribution >= 4 is 17.3 Å². The maximum atomic E-state index is 10.5. The Labute approximate surface area is 122 Å². The first kappa shape index (κ1) is 14.5. The molecule has 0 saturated heterocycles. The molecule has 20 heavy (non-hydrogen) atoms. The summed E-state index contributed by atoms with van der Waals surface area (Å²) in [6.45, 7) is 4.60. The van der Waals surface area contributed by atoms with Gasteiger partial charge in [0.25, 0.3) is 0 Å². The van der Waals surface area contributed by atoms with Crippen molar-refractivity contribution in [1.29, 1.82) is 0 Å². The van der Waals surface area contributed by atoms with Gasteiger partial charge in [-0.05, 0) is 37.1 Å². The van der Waals surface area contributed by atoms with Gasteiger partial charge in [-0.1, -0.05) is 6.07 Å². The van der Waals surface area contributed by atoms with Gasteiger partial charge in [-0.3, -0.25) is 0 Å². The Morgan fingerprint density at radius 2 is 2.00 bits per heavy atom. The average Bonchev–Trinajstić information content (AvgIpc) is 2.74. The number of aromatic nitrogens is 1. The molecule has 2 aromatic rings. The number of rotatable bonds is 6. The number of hydrogen-bond donors (Lipinski definition) is 0. The molecule has 0 fully saturated rings. The van der Waals surface area contributed by atoms with E-state index in [4.69, 9.17) is 4.74 Å². The molecular formula is C15H16NO3S-. The van der Waals surface area contributed by atoms with Crippen LogP contribution in [-0.2, 0) is 17.6 Å². The van der Waals surface area contributed by atoms with Crippen LogP contribution in [0.15, 0.2) is 23.6 Å². The van der Waals surface area contributed by atoms with Crippen LogP contribution in [0.3, 0.4) is 0 Å². The van der Waals surface area contributed by atoms with Gasteiger partial charge in [0.2, 0.25) is 0 Å². The molecule has 0 aliphatic heterocycles. The number of carbonyl (C=O) groups is 1. The van der Waals surface area contributed by atoms with Crippen LogP contribution in [0.1, 0.15) is 21.8 Å². The summed E-state index contributed by atoms with van der Waals surface area (Å²) in [5.74, 6) is -0.248. The third-order valence-corrected chi connectivity index (χ3v) is 3.66. The van der Waals surface area contributed by atoms with Crippen molar-refractivity contribution in [3.8, 4) is 5.75 Å². The Morgan fingerprint density at radius 1 is 1.30 bits per heavy atom. The summed E-state index contributed by atoms with van der Waals surface area (Å²) < 4.78 is 5.70. The molecule has 1 aromatic heterocycles. The predicted molar refractivity (Wildman–Crippen MR) is 75.9 cm³/mol. The van der Waals surface area contributed by atoms with Crippen molar-refractivity contribution in [2.75, 3.05) is 6.61 Å². The van der Waals surface area contributed by atoms with E-state index in [-0.39, 0.29) is 6.42 Å². The molecule has 0 atom stereocenters. The SMILES string of the molecule is Cc1cc(C)cc(OCCc2nc(CC(=O)[O-])cs2)c1. The highest BCUT2D eigenvalue weighted by Gasteiger charge is 2.03. The molecule has 1 aromatic carbocycles. The van der Waals surface area contributed by atoms with Crippen LogP contribution in [0, 0.1) is 13.8 Å². The van der Waals surface area contributed by atoms with Crippen molar-refractivity contribution in [2.45, 2.75) is 26.7 Å². The quantitative estimate of drug-likeness (QED) is 0.812. The molecule has 0 radical (unpaired) electrons. The van der Waals surface area contributed by atoms with Crippen LogP contribution >= 0.6 is 11.3 Å². The van der Waals surface area contributed by atoms with Crippen LogP contribution in [-0.4, -0.2) is 17.6 Å². The minimum atomic E-state index is -1.10. The zero-order chi connectivity index (χ0) is 14.5. The smallest absolute Gasteiger partial charge is 0.119 e. The van der Waals surface area contributed by atoms with E-state index in [0.29, 0.717) is 18.7 Å². The highest BCUT2D eigenvalue weighted by molar-refractivity contribution is 7.09. The van der Waals surface area contributed by atoms with Gasteiger partial charge in [0.15, 0.2) is 0 Å². The topological polar surface area (TPSA) is 62.2 Å². The number of nitrogens with zero attached hydrogens (tertiary/aromatic N) is 1. The first-order valence-electron chi connectivity index (χ1n) is 6.37. The largest absolute Gasteiger partial charge is 0.550 e. The third-order valence-electron chi connectivity index (χ3n) is 2.70. The molecule has 106 valence electrons. The van der Waals surface area contributed by atoms with E-state index in [1.165, 1.54) is 22.5 Å². The normalized spacial score (nSPS) is 10.5. The fraction of sp³-hybridized carbons (Fsp3) is 0.333. The molecule has 1 heterocycles. The minimum Gasteiger partial charge on any atom is -0.550 e. The fourth-order valence-electron chi connectivity index (χ4n) is 1.97.